The molecule has 1 N–H and O–H groups in total. The van der Waals surface area contributed by atoms with Crippen LogP contribution in [0.2, 0.25) is 0 Å². The zero-order valence-electron chi connectivity index (χ0n) is 11.2. The van der Waals surface area contributed by atoms with Crippen LogP contribution in [0, 0.1) is 13.8 Å². The quantitative estimate of drug-likeness (QED) is 0.808. The molecule has 0 radical (unpaired) electrons. The molecule has 0 aromatic heterocycles. The number of phenolic OH excluding ortho intramolecular Hbond substituents is 1. The minimum Gasteiger partial charge on any atom is -0.505 e. The summed E-state index contributed by atoms with van der Waals surface area (Å²) in [5.74, 6) is -0.832. The molecule has 2 aromatic rings. The van der Waals surface area contributed by atoms with E-state index in [0.717, 1.165) is 10.5 Å². The fourth-order valence-electron chi connectivity index (χ4n) is 2.52. The van der Waals surface area contributed by atoms with Gasteiger partial charge in [0, 0.05) is 0 Å². The standard InChI is InChI=1S/C16H13NO3/c1-9-7-10(2)14(18)13(8-9)17-15(19)11-5-3-4-6-12(11)16(17)20/h3-8,18H,1-2H3. The molecule has 20 heavy (non-hydrogen) atoms. The molecule has 0 aliphatic carbocycles. The molecule has 1 aliphatic heterocycles. The smallest absolute Gasteiger partial charge is 0.266 e. The number of aryl methyl sites for hydroxylation is 2. The third-order valence-electron chi connectivity index (χ3n) is 3.46. The van der Waals surface area contributed by atoms with Crippen LogP contribution in [0.15, 0.2) is 36.4 Å². The van der Waals surface area contributed by atoms with Crippen molar-refractivity contribution in [1.82, 2.24) is 0 Å². The van der Waals surface area contributed by atoms with Crippen molar-refractivity contribution in [2.45, 2.75) is 13.8 Å². The highest BCUT2D eigenvalue weighted by Gasteiger charge is 2.37. The number of anilines is 1. The van der Waals surface area contributed by atoms with E-state index >= 15 is 0 Å². The van der Waals surface area contributed by atoms with Gasteiger partial charge in [-0.3, -0.25) is 9.59 Å². The molecule has 0 fully saturated rings. The number of carbonyl (C=O) groups is 2. The molecular weight excluding hydrogens is 254 g/mol. The zero-order valence-corrected chi connectivity index (χ0v) is 11.2. The number of benzene rings is 2. The number of hydrogen-bond acceptors (Lipinski definition) is 3. The van der Waals surface area contributed by atoms with Crippen LogP contribution >= 0.6 is 0 Å². The van der Waals surface area contributed by atoms with Gasteiger partial charge < -0.3 is 5.11 Å². The molecule has 0 unspecified atom stereocenters. The maximum Gasteiger partial charge on any atom is 0.266 e. The average Bonchev–Trinajstić information content (AvgIpc) is 2.67. The molecule has 4 nitrogen and oxygen atoms in total. The summed E-state index contributed by atoms with van der Waals surface area (Å²) in [5.41, 5.74) is 2.50. The Hall–Kier alpha value is -2.62. The number of amides is 2. The minimum absolute atomic E-state index is 0.0369. The highest BCUT2D eigenvalue weighted by molar-refractivity contribution is 6.34. The van der Waals surface area contributed by atoms with E-state index in [2.05, 4.69) is 0 Å². The number of imide groups is 1. The van der Waals surface area contributed by atoms with Gasteiger partial charge in [-0.15, -0.1) is 0 Å². The van der Waals surface area contributed by atoms with Gasteiger partial charge in [-0.2, -0.15) is 0 Å². The molecule has 0 saturated carbocycles. The van der Waals surface area contributed by atoms with Crippen LogP contribution in [0.25, 0.3) is 0 Å². The van der Waals surface area contributed by atoms with Crippen molar-refractivity contribution in [1.29, 1.82) is 0 Å². The van der Waals surface area contributed by atoms with E-state index in [1.54, 1.807) is 43.3 Å². The van der Waals surface area contributed by atoms with Crippen molar-refractivity contribution in [2.75, 3.05) is 4.90 Å². The molecule has 2 aromatic carbocycles. The second-order valence-corrected chi connectivity index (χ2v) is 4.94. The van der Waals surface area contributed by atoms with Gasteiger partial charge in [-0.1, -0.05) is 18.2 Å². The SMILES string of the molecule is Cc1cc(C)c(O)c(N2C(=O)c3ccccc3C2=O)c1. The van der Waals surface area contributed by atoms with Crippen LogP contribution in [0.3, 0.4) is 0 Å². The summed E-state index contributed by atoms with van der Waals surface area (Å²) >= 11 is 0. The van der Waals surface area contributed by atoms with Crippen LogP contribution in [-0.2, 0) is 0 Å². The lowest BCUT2D eigenvalue weighted by molar-refractivity contribution is 0.0925. The first kappa shape index (κ1) is 12.4. The van der Waals surface area contributed by atoms with E-state index in [4.69, 9.17) is 0 Å². The van der Waals surface area contributed by atoms with Crippen LogP contribution in [0.5, 0.6) is 5.75 Å². The first-order chi connectivity index (χ1) is 9.50. The molecule has 0 saturated heterocycles. The monoisotopic (exact) mass is 267 g/mol. The van der Waals surface area contributed by atoms with E-state index in [-0.39, 0.29) is 11.4 Å². The Labute approximate surface area is 116 Å². The summed E-state index contributed by atoms with van der Waals surface area (Å²) in [6.07, 6.45) is 0. The van der Waals surface area contributed by atoms with Gasteiger partial charge in [0.25, 0.3) is 11.8 Å². The second kappa shape index (κ2) is 4.20. The fourth-order valence-corrected chi connectivity index (χ4v) is 2.52. The van der Waals surface area contributed by atoms with Crippen molar-refractivity contribution in [3.05, 3.63) is 58.7 Å². The number of rotatable bonds is 1. The predicted molar refractivity (Wildman–Crippen MR) is 75.2 cm³/mol. The summed E-state index contributed by atoms with van der Waals surface area (Å²) in [5, 5.41) is 10.2. The Morgan fingerprint density at radius 1 is 0.950 bits per heavy atom. The Kier molecular flexibility index (Phi) is 2.61. The number of aromatic hydroxyl groups is 1. The van der Waals surface area contributed by atoms with Crippen LogP contribution in [-0.4, -0.2) is 16.9 Å². The van der Waals surface area contributed by atoms with Gasteiger partial charge in [0.15, 0.2) is 0 Å². The van der Waals surface area contributed by atoms with Crippen molar-refractivity contribution in [2.24, 2.45) is 0 Å². The first-order valence-corrected chi connectivity index (χ1v) is 6.28. The van der Waals surface area contributed by atoms with Crippen molar-refractivity contribution < 1.29 is 14.7 Å². The van der Waals surface area contributed by atoms with Crippen LogP contribution < -0.4 is 4.90 Å². The summed E-state index contributed by atoms with van der Waals surface area (Å²) in [6, 6.07) is 10.1. The fraction of sp³-hybridized carbons (Fsp3) is 0.125. The molecule has 3 rings (SSSR count). The largest absolute Gasteiger partial charge is 0.505 e. The molecule has 0 spiro atoms. The molecule has 100 valence electrons. The van der Waals surface area contributed by atoms with Gasteiger partial charge in [-0.05, 0) is 43.2 Å². The van der Waals surface area contributed by atoms with Crippen molar-refractivity contribution >= 4 is 17.5 Å². The maximum atomic E-state index is 12.4. The third kappa shape index (κ3) is 1.61. The van der Waals surface area contributed by atoms with Gasteiger partial charge in [0.05, 0.1) is 16.8 Å². The molecule has 1 aliphatic rings. The molecule has 1 heterocycles. The number of nitrogens with zero attached hydrogens (tertiary/aromatic N) is 1. The van der Waals surface area contributed by atoms with Crippen molar-refractivity contribution in [3.63, 3.8) is 0 Å². The average molecular weight is 267 g/mol. The molecule has 4 heteroatoms. The lowest BCUT2D eigenvalue weighted by Crippen LogP contribution is -2.29. The molecular formula is C16H13NO3. The normalized spacial score (nSPS) is 13.8. The number of phenols is 1. The van der Waals surface area contributed by atoms with Gasteiger partial charge in [0.2, 0.25) is 0 Å². The van der Waals surface area contributed by atoms with Gasteiger partial charge in [0.1, 0.15) is 5.75 Å². The lowest BCUT2D eigenvalue weighted by atomic mass is 10.1. The van der Waals surface area contributed by atoms with Crippen LogP contribution in [0.1, 0.15) is 31.8 Å². The Balaban J connectivity index is 2.19. The lowest BCUT2D eigenvalue weighted by Gasteiger charge is -2.17. The van der Waals surface area contributed by atoms with Crippen molar-refractivity contribution in [3.8, 4) is 5.75 Å². The second-order valence-electron chi connectivity index (χ2n) is 4.94. The summed E-state index contributed by atoms with van der Waals surface area (Å²) < 4.78 is 0. The van der Waals surface area contributed by atoms with E-state index in [1.165, 1.54) is 0 Å². The highest BCUT2D eigenvalue weighted by Crippen LogP contribution is 2.36. The summed E-state index contributed by atoms with van der Waals surface area (Å²) in [7, 11) is 0. The molecule has 0 atom stereocenters. The Morgan fingerprint density at radius 3 is 2.05 bits per heavy atom. The minimum atomic E-state index is -0.397. The topological polar surface area (TPSA) is 57.6 Å². The Morgan fingerprint density at radius 2 is 1.50 bits per heavy atom. The Bertz CT molecular complexity index is 714. The van der Waals surface area contributed by atoms with E-state index in [0.29, 0.717) is 16.7 Å². The van der Waals surface area contributed by atoms with E-state index in [9.17, 15) is 14.7 Å². The maximum absolute atomic E-state index is 12.4. The van der Waals surface area contributed by atoms with E-state index in [1.807, 2.05) is 6.92 Å². The third-order valence-corrected chi connectivity index (χ3v) is 3.46. The number of hydrogen-bond donors (Lipinski definition) is 1. The molecule has 2 amide bonds. The van der Waals surface area contributed by atoms with Gasteiger partial charge in [-0.25, -0.2) is 4.90 Å². The highest BCUT2D eigenvalue weighted by atomic mass is 16.3. The van der Waals surface area contributed by atoms with E-state index < -0.39 is 11.8 Å². The summed E-state index contributed by atoms with van der Waals surface area (Å²) in [4.78, 5) is 25.8. The summed E-state index contributed by atoms with van der Waals surface area (Å²) in [6.45, 7) is 3.60. The zero-order chi connectivity index (χ0) is 14.4. The first-order valence-electron chi connectivity index (χ1n) is 6.28. The number of carbonyl (C=O) groups excluding carboxylic acids is 2. The van der Waals surface area contributed by atoms with Crippen LogP contribution in [0.4, 0.5) is 5.69 Å². The number of fused-ring (bicyclic) bond motifs is 1. The molecule has 0 bridgehead atoms. The van der Waals surface area contributed by atoms with Gasteiger partial charge >= 0.3 is 0 Å². The predicted octanol–water partition coefficient (Wildman–Crippen LogP) is 2.81.